The van der Waals surface area contributed by atoms with Gasteiger partial charge in [0.15, 0.2) is 0 Å². The van der Waals surface area contributed by atoms with E-state index in [1.54, 1.807) is 0 Å². The average molecular weight is 227 g/mol. The van der Waals surface area contributed by atoms with E-state index < -0.39 is 0 Å². The average Bonchev–Trinajstić information content (AvgIpc) is 2.67. The molecule has 0 bridgehead atoms. The summed E-state index contributed by atoms with van der Waals surface area (Å²) in [6.07, 6.45) is 16.5. The summed E-state index contributed by atoms with van der Waals surface area (Å²) in [7, 11) is 0. The smallest absolute Gasteiger partial charge is 0.271 e. The normalized spacial score (nSPS) is 13.1. The van der Waals surface area contributed by atoms with Gasteiger partial charge >= 0.3 is 19.5 Å². The standard InChI is InChI=1S/2C5H3.Ru/c2*1-2-4-5-3-1;/h2*1-3H;/q2*-1;+2. The molecule has 0 amide bonds. The first kappa shape index (κ1) is 10.1. The predicted octanol–water partition coefficient (Wildman–Crippen LogP) is 2.14. The molecule has 0 saturated heterocycles. The van der Waals surface area contributed by atoms with Gasteiger partial charge in [-0.15, -0.1) is 12.2 Å². The van der Waals surface area contributed by atoms with E-state index in [0.717, 1.165) is 0 Å². The van der Waals surface area contributed by atoms with Gasteiger partial charge in [0, 0.05) is 0 Å². The minimum Gasteiger partial charge on any atom is -0.271 e. The van der Waals surface area contributed by atoms with Crippen molar-refractivity contribution in [3.05, 3.63) is 60.1 Å². The molecule has 0 fully saturated rings. The minimum absolute atomic E-state index is 0. The monoisotopic (exact) mass is 228 g/mol. The van der Waals surface area contributed by atoms with Crippen molar-refractivity contribution in [1.82, 2.24) is 0 Å². The summed E-state index contributed by atoms with van der Waals surface area (Å²) >= 11 is 0. The van der Waals surface area contributed by atoms with Crippen LogP contribution in [0.15, 0.2) is 47.9 Å². The van der Waals surface area contributed by atoms with Gasteiger partial charge in [-0.1, -0.05) is 0 Å². The van der Waals surface area contributed by atoms with Gasteiger partial charge < -0.3 is 0 Å². The van der Waals surface area contributed by atoms with E-state index in [0.29, 0.717) is 0 Å². The van der Waals surface area contributed by atoms with Gasteiger partial charge in [0.2, 0.25) is 0 Å². The summed E-state index contributed by atoms with van der Waals surface area (Å²) in [5.74, 6) is 0. The molecule has 0 nitrogen and oxygen atoms in total. The zero-order valence-electron chi connectivity index (χ0n) is 5.82. The van der Waals surface area contributed by atoms with Crippen molar-refractivity contribution in [2.75, 3.05) is 0 Å². The van der Waals surface area contributed by atoms with Gasteiger partial charge in [-0.2, -0.15) is 24.3 Å². The Kier molecular flexibility index (Phi) is 6.69. The van der Waals surface area contributed by atoms with E-state index in [4.69, 9.17) is 0 Å². The van der Waals surface area contributed by atoms with Crippen LogP contribution >= 0.6 is 0 Å². The van der Waals surface area contributed by atoms with Crippen LogP contribution < -0.4 is 0 Å². The molecule has 0 radical (unpaired) electrons. The molecule has 11 heavy (non-hydrogen) atoms. The first-order chi connectivity index (χ1) is 5.00. The third-order valence-electron chi connectivity index (χ3n) is 0.885. The van der Waals surface area contributed by atoms with Crippen molar-refractivity contribution in [3.63, 3.8) is 0 Å². The molecular weight excluding hydrogens is 221 g/mol. The molecule has 2 rings (SSSR count). The molecule has 0 aromatic carbocycles. The van der Waals surface area contributed by atoms with Crippen LogP contribution in [0.1, 0.15) is 0 Å². The Hall–Kier alpha value is -0.857. The van der Waals surface area contributed by atoms with Crippen LogP contribution in [0, 0.1) is 12.2 Å². The summed E-state index contributed by atoms with van der Waals surface area (Å²) in [5.41, 5.74) is 5.47. The fraction of sp³-hybridized carbons (Fsp3) is 0. The SMILES string of the molecule is C1=[C-]C=CC=1.C1=[C-]C=CC=1.[Ru+2]. The van der Waals surface area contributed by atoms with Crippen LogP contribution in [0.2, 0.25) is 0 Å². The van der Waals surface area contributed by atoms with Gasteiger partial charge in [0.25, 0.3) is 0 Å². The third kappa shape index (κ3) is 5.58. The number of allylic oxidation sites excluding steroid dienone is 6. The molecule has 0 heterocycles. The van der Waals surface area contributed by atoms with E-state index in [-0.39, 0.29) is 19.5 Å². The fourth-order valence-corrected chi connectivity index (χ4v) is 0.481. The molecule has 0 aromatic rings. The zero-order chi connectivity index (χ0) is 7.07. The topological polar surface area (TPSA) is 0 Å². The van der Waals surface area contributed by atoms with E-state index in [1.807, 2.05) is 36.5 Å². The second kappa shape index (κ2) is 7.25. The van der Waals surface area contributed by atoms with Crippen molar-refractivity contribution < 1.29 is 19.5 Å². The van der Waals surface area contributed by atoms with E-state index in [2.05, 4.69) is 23.6 Å². The molecule has 0 saturated carbocycles. The third-order valence-corrected chi connectivity index (χ3v) is 0.885. The molecule has 0 spiro atoms. The van der Waals surface area contributed by atoms with Crippen molar-refractivity contribution >= 4 is 0 Å². The molecule has 0 unspecified atom stereocenters. The van der Waals surface area contributed by atoms with E-state index >= 15 is 0 Å². The van der Waals surface area contributed by atoms with Crippen molar-refractivity contribution in [2.24, 2.45) is 0 Å². The molecule has 0 aromatic heterocycles. The minimum atomic E-state index is 0. The van der Waals surface area contributed by atoms with Crippen LogP contribution in [0.4, 0.5) is 0 Å². The Bertz CT molecular complexity index is 217. The van der Waals surface area contributed by atoms with Crippen molar-refractivity contribution in [2.45, 2.75) is 0 Å². The summed E-state index contributed by atoms with van der Waals surface area (Å²) in [4.78, 5) is 0. The van der Waals surface area contributed by atoms with Crippen LogP contribution in [0.25, 0.3) is 0 Å². The molecule has 2 aliphatic carbocycles. The van der Waals surface area contributed by atoms with Crippen molar-refractivity contribution in [1.29, 1.82) is 0 Å². The summed E-state index contributed by atoms with van der Waals surface area (Å²) in [6.45, 7) is 0. The molecular formula is C10H6Ru. The fourth-order valence-electron chi connectivity index (χ4n) is 0.481. The maximum absolute atomic E-state index is 2.74. The number of hydrogen-bond acceptors (Lipinski definition) is 0. The van der Waals surface area contributed by atoms with E-state index in [1.165, 1.54) is 0 Å². The molecule has 0 aliphatic heterocycles. The first-order valence-corrected chi connectivity index (χ1v) is 2.99. The van der Waals surface area contributed by atoms with Gasteiger partial charge in [0.1, 0.15) is 0 Å². The Morgan fingerprint density at radius 3 is 1.36 bits per heavy atom. The molecule has 0 N–H and O–H groups in total. The first-order valence-electron chi connectivity index (χ1n) is 2.99. The summed E-state index contributed by atoms with van der Waals surface area (Å²) in [5, 5.41) is 0. The second-order valence-corrected chi connectivity index (χ2v) is 1.63. The van der Waals surface area contributed by atoms with Crippen LogP contribution in [0.5, 0.6) is 0 Å². The van der Waals surface area contributed by atoms with Crippen molar-refractivity contribution in [3.8, 4) is 0 Å². The van der Waals surface area contributed by atoms with Gasteiger partial charge in [0.05, 0.1) is 0 Å². The molecule has 0 atom stereocenters. The molecule has 1 heteroatoms. The second-order valence-electron chi connectivity index (χ2n) is 1.63. The number of hydrogen-bond donors (Lipinski definition) is 0. The van der Waals surface area contributed by atoms with Crippen LogP contribution in [-0.2, 0) is 19.5 Å². The largest absolute Gasteiger partial charge is 2.00 e. The summed E-state index contributed by atoms with van der Waals surface area (Å²) < 4.78 is 0. The summed E-state index contributed by atoms with van der Waals surface area (Å²) in [6, 6.07) is 0. The maximum atomic E-state index is 2.74. The zero-order valence-corrected chi connectivity index (χ0v) is 7.56. The Morgan fingerprint density at radius 1 is 0.818 bits per heavy atom. The predicted molar refractivity (Wildman–Crippen MR) is 40.9 cm³/mol. The Morgan fingerprint density at radius 2 is 1.27 bits per heavy atom. The van der Waals surface area contributed by atoms with Crippen LogP contribution in [0.3, 0.4) is 0 Å². The molecule has 54 valence electrons. The van der Waals surface area contributed by atoms with Gasteiger partial charge in [-0.25, -0.2) is 12.2 Å². The van der Waals surface area contributed by atoms with E-state index in [9.17, 15) is 0 Å². The van der Waals surface area contributed by atoms with Gasteiger partial charge in [-0.05, 0) is 0 Å². The Balaban J connectivity index is 0.000000167. The maximum Gasteiger partial charge on any atom is 2.00 e. The van der Waals surface area contributed by atoms with Gasteiger partial charge in [-0.3, -0.25) is 11.5 Å². The molecule has 2 aliphatic rings. The van der Waals surface area contributed by atoms with Crippen LogP contribution in [-0.4, -0.2) is 0 Å². The number of rotatable bonds is 0. The quantitative estimate of drug-likeness (QED) is 0.338. The Labute approximate surface area is 79.8 Å².